The van der Waals surface area contributed by atoms with Gasteiger partial charge in [-0.15, -0.1) is 0 Å². The largest absolute Gasteiger partial charge is 0.490 e. The van der Waals surface area contributed by atoms with Crippen molar-refractivity contribution in [1.29, 1.82) is 0 Å². The van der Waals surface area contributed by atoms with Crippen LogP contribution in [-0.2, 0) is 0 Å². The maximum atomic E-state index is 6.43. The van der Waals surface area contributed by atoms with Crippen LogP contribution in [0.15, 0.2) is 97.1 Å². The lowest BCUT2D eigenvalue weighted by Gasteiger charge is -2.24. The third-order valence-electron chi connectivity index (χ3n) is 6.19. The Morgan fingerprint density at radius 2 is 0.816 bits per heavy atom. The summed E-state index contributed by atoms with van der Waals surface area (Å²) in [5, 5.41) is 0.485. The van der Waals surface area contributed by atoms with Crippen LogP contribution in [0.5, 0.6) is 11.5 Å². The predicted molar refractivity (Wildman–Crippen MR) is 167 cm³/mol. The van der Waals surface area contributed by atoms with Crippen LogP contribution in [0.25, 0.3) is 22.3 Å². The van der Waals surface area contributed by atoms with Gasteiger partial charge in [-0.3, -0.25) is 0 Å². The maximum Gasteiger partial charge on any atom is 0.131 e. The predicted octanol–water partition coefficient (Wildman–Crippen LogP) is 10.8. The number of para-hydroxylation sites is 2. The molecule has 0 amide bonds. The van der Waals surface area contributed by atoms with Gasteiger partial charge in [-0.2, -0.15) is 0 Å². The second-order valence-electron chi connectivity index (χ2n) is 9.99. The van der Waals surface area contributed by atoms with Crippen molar-refractivity contribution < 1.29 is 9.47 Å². The molecule has 0 N–H and O–H groups in total. The smallest absolute Gasteiger partial charge is 0.131 e. The van der Waals surface area contributed by atoms with Crippen LogP contribution in [0.3, 0.4) is 0 Å². The Labute approximate surface area is 236 Å². The monoisotopic (exact) mass is 542 g/mol. The third-order valence-corrected chi connectivity index (χ3v) is 9.45. The second-order valence-corrected chi connectivity index (χ2v) is 12.9. The number of rotatable bonds is 11. The highest BCUT2D eigenvalue weighted by Crippen LogP contribution is 2.51. The van der Waals surface area contributed by atoms with Crippen LogP contribution in [0.1, 0.15) is 63.2 Å². The molecular formula is C34H38O2S2. The molecule has 0 saturated heterocycles. The molecule has 0 radical (unpaired) electrons. The molecule has 0 heterocycles. The molecule has 2 atom stereocenters. The van der Waals surface area contributed by atoms with Crippen molar-refractivity contribution in [2.24, 2.45) is 0 Å². The van der Waals surface area contributed by atoms with Crippen LogP contribution in [-0.4, -0.2) is 12.2 Å². The highest BCUT2D eigenvalue weighted by atomic mass is 33.1. The zero-order chi connectivity index (χ0) is 27.1. The van der Waals surface area contributed by atoms with E-state index >= 15 is 0 Å². The normalized spacial score (nSPS) is 12.9. The molecule has 2 nitrogen and oxygen atoms in total. The molecule has 0 saturated carbocycles. The Hall–Kier alpha value is -2.82. The molecule has 0 bridgehead atoms. The van der Waals surface area contributed by atoms with Crippen LogP contribution >= 0.6 is 21.6 Å². The summed E-state index contributed by atoms with van der Waals surface area (Å²) in [6, 6.07) is 34.1. The first kappa shape index (κ1) is 28.2. The molecule has 0 fully saturated rings. The molecule has 0 aliphatic carbocycles. The molecule has 198 valence electrons. The highest BCUT2D eigenvalue weighted by molar-refractivity contribution is 8.76. The molecule has 4 rings (SSSR count). The van der Waals surface area contributed by atoms with E-state index in [-0.39, 0.29) is 22.7 Å². The average molecular weight is 543 g/mol. The van der Waals surface area contributed by atoms with Gasteiger partial charge in [-0.05, 0) is 52.7 Å². The van der Waals surface area contributed by atoms with E-state index in [0.29, 0.717) is 0 Å². The van der Waals surface area contributed by atoms with Gasteiger partial charge in [0.25, 0.3) is 0 Å². The van der Waals surface area contributed by atoms with Crippen LogP contribution in [0.4, 0.5) is 0 Å². The minimum atomic E-state index is 0.0962. The summed E-state index contributed by atoms with van der Waals surface area (Å²) in [6.45, 7) is 12.9. The Morgan fingerprint density at radius 1 is 0.447 bits per heavy atom. The van der Waals surface area contributed by atoms with Gasteiger partial charge in [0.15, 0.2) is 0 Å². The fourth-order valence-electron chi connectivity index (χ4n) is 4.44. The van der Waals surface area contributed by atoms with Crippen molar-refractivity contribution >= 4 is 21.6 Å². The van der Waals surface area contributed by atoms with E-state index in [9.17, 15) is 0 Å². The topological polar surface area (TPSA) is 18.5 Å². The second kappa shape index (κ2) is 13.3. The first-order valence-electron chi connectivity index (χ1n) is 13.4. The van der Waals surface area contributed by atoms with Gasteiger partial charge in [-0.25, -0.2) is 0 Å². The van der Waals surface area contributed by atoms with E-state index in [0.717, 1.165) is 22.6 Å². The van der Waals surface area contributed by atoms with Gasteiger partial charge >= 0.3 is 0 Å². The Morgan fingerprint density at radius 3 is 1.16 bits per heavy atom. The van der Waals surface area contributed by atoms with E-state index in [1.54, 1.807) is 0 Å². The third kappa shape index (κ3) is 6.98. The van der Waals surface area contributed by atoms with E-state index in [4.69, 9.17) is 9.47 Å². The fourth-order valence-corrected chi connectivity index (χ4v) is 6.98. The molecule has 0 unspecified atom stereocenters. The molecule has 0 aliphatic heterocycles. The minimum Gasteiger partial charge on any atom is -0.490 e. The van der Waals surface area contributed by atoms with Crippen LogP contribution < -0.4 is 9.47 Å². The van der Waals surface area contributed by atoms with Crippen molar-refractivity contribution in [1.82, 2.24) is 0 Å². The summed E-state index contributed by atoms with van der Waals surface area (Å²) in [5.74, 6) is 1.97. The van der Waals surface area contributed by atoms with Gasteiger partial charge in [0.2, 0.25) is 0 Å². The van der Waals surface area contributed by atoms with Crippen LogP contribution in [0.2, 0.25) is 0 Å². The first-order valence-corrected chi connectivity index (χ1v) is 15.6. The number of benzene rings is 4. The molecular weight excluding hydrogens is 505 g/mol. The SMILES string of the molecule is CC(C)Oc1c(-c2ccccc2)cccc1[C@@H](C)SS[C@H](C)c1cccc(-c2ccccc2)c1OC(C)C. The number of hydrogen-bond acceptors (Lipinski definition) is 4. The van der Waals surface area contributed by atoms with Crippen molar-refractivity contribution in [3.63, 3.8) is 0 Å². The van der Waals surface area contributed by atoms with Gasteiger partial charge in [-0.1, -0.05) is 119 Å². The molecule has 0 spiro atoms. The molecule has 0 aliphatic rings. The standard InChI is InChI=1S/C34H38O2S2/c1-23(2)35-33-29(19-13-21-31(33)27-15-9-7-10-16-27)25(5)37-38-26(6)30-20-14-22-32(34(30)36-24(3)4)28-17-11-8-12-18-28/h7-26H,1-6H3/t25-,26-/m1/s1. The summed E-state index contributed by atoms with van der Waals surface area (Å²) in [7, 11) is 3.78. The lowest BCUT2D eigenvalue weighted by atomic mass is 10.00. The molecule has 4 aromatic rings. The van der Waals surface area contributed by atoms with Gasteiger partial charge in [0, 0.05) is 32.8 Å². The molecule has 4 heteroatoms. The van der Waals surface area contributed by atoms with E-state index < -0.39 is 0 Å². The minimum absolute atomic E-state index is 0.0962. The van der Waals surface area contributed by atoms with Crippen LogP contribution in [0, 0.1) is 0 Å². The summed E-state index contributed by atoms with van der Waals surface area (Å²) >= 11 is 0. The zero-order valence-corrected chi connectivity index (χ0v) is 24.8. The quantitative estimate of drug-likeness (QED) is 0.175. The lowest BCUT2D eigenvalue weighted by Crippen LogP contribution is -2.09. The fraction of sp³-hybridized carbons (Fsp3) is 0.294. The van der Waals surface area contributed by atoms with E-state index in [2.05, 4.69) is 139 Å². The Kier molecular flexibility index (Phi) is 9.87. The summed E-state index contributed by atoms with van der Waals surface area (Å²) in [6.07, 6.45) is 0.192. The Bertz CT molecular complexity index is 1200. The summed E-state index contributed by atoms with van der Waals surface area (Å²) in [4.78, 5) is 0. The first-order chi connectivity index (χ1) is 18.3. The van der Waals surface area contributed by atoms with Crippen molar-refractivity contribution in [2.75, 3.05) is 0 Å². The molecule has 0 aromatic heterocycles. The lowest BCUT2D eigenvalue weighted by molar-refractivity contribution is 0.241. The molecule has 4 aromatic carbocycles. The van der Waals surface area contributed by atoms with E-state index in [1.807, 2.05) is 21.6 Å². The number of ether oxygens (including phenoxy) is 2. The van der Waals surface area contributed by atoms with Crippen molar-refractivity contribution in [3.8, 4) is 33.8 Å². The zero-order valence-electron chi connectivity index (χ0n) is 23.2. The molecule has 38 heavy (non-hydrogen) atoms. The van der Waals surface area contributed by atoms with Gasteiger partial charge in [0.1, 0.15) is 11.5 Å². The average Bonchev–Trinajstić information content (AvgIpc) is 2.92. The number of hydrogen-bond donors (Lipinski definition) is 0. The van der Waals surface area contributed by atoms with E-state index in [1.165, 1.54) is 22.3 Å². The van der Waals surface area contributed by atoms with Gasteiger partial charge < -0.3 is 9.47 Å². The van der Waals surface area contributed by atoms with Gasteiger partial charge in [0.05, 0.1) is 12.2 Å². The summed E-state index contributed by atoms with van der Waals surface area (Å²) in [5.41, 5.74) is 7.09. The summed E-state index contributed by atoms with van der Waals surface area (Å²) < 4.78 is 12.9. The Balaban J connectivity index is 1.60. The highest BCUT2D eigenvalue weighted by Gasteiger charge is 2.22. The maximum absolute atomic E-state index is 6.43. The van der Waals surface area contributed by atoms with Crippen molar-refractivity contribution in [2.45, 2.75) is 64.3 Å². The van der Waals surface area contributed by atoms with Crippen molar-refractivity contribution in [3.05, 3.63) is 108 Å².